The lowest BCUT2D eigenvalue weighted by Crippen LogP contribution is -2.51. The highest BCUT2D eigenvalue weighted by Gasteiger charge is 2.31. The van der Waals surface area contributed by atoms with Gasteiger partial charge in [0.2, 0.25) is 11.8 Å². The average Bonchev–Trinajstić information content (AvgIpc) is 2.18. The molecule has 0 saturated heterocycles. The van der Waals surface area contributed by atoms with Gasteiger partial charge in [-0.05, 0) is 127 Å². The van der Waals surface area contributed by atoms with Crippen LogP contribution < -0.4 is 42.2 Å². The Labute approximate surface area is 472 Å². The van der Waals surface area contributed by atoms with E-state index in [1.54, 1.807) is 24.3 Å². The third-order valence-corrected chi connectivity index (χ3v) is 15.1. The number of aromatic hydroxyl groups is 1. The van der Waals surface area contributed by atoms with Crippen molar-refractivity contribution in [2.45, 2.75) is 43.9 Å². The molecular weight excluding hydrogens is 1110 g/mol. The van der Waals surface area contributed by atoms with Crippen LogP contribution in [-0.4, -0.2) is 138 Å². The van der Waals surface area contributed by atoms with Crippen LogP contribution >= 0.6 is 18.2 Å². The zero-order valence-corrected chi connectivity index (χ0v) is 45.8. The zero-order chi connectivity index (χ0) is 59.5. The number of aromatic carboxylic acids is 1. The minimum absolute atomic E-state index is 0.0372. The number of hydrogen-bond acceptors (Lipinski definition) is 18. The second kappa shape index (κ2) is 29.5. The molecule has 11 N–H and O–H groups in total. The highest BCUT2D eigenvalue weighted by molar-refractivity contribution is 8.54. The molecule has 6 rings (SSSR count). The number of nitrogens with zero attached hydrogens (tertiary/aromatic N) is 3. The van der Waals surface area contributed by atoms with Crippen LogP contribution in [0.25, 0.3) is 33.4 Å². The molecule has 4 atom stereocenters. The van der Waals surface area contributed by atoms with Crippen molar-refractivity contribution in [2.24, 2.45) is 10.2 Å². The number of hydrogen-bond donors (Lipinski definition) is 11. The van der Waals surface area contributed by atoms with Crippen LogP contribution in [0.3, 0.4) is 0 Å². The Bertz CT molecular complexity index is 3460. The lowest BCUT2D eigenvalue weighted by atomic mass is 9.89. The number of nitrogens with one attached hydrogen (secondary N) is 6. The molecule has 4 aromatic carbocycles. The number of azo groups is 1. The first-order valence-electron chi connectivity index (χ1n) is 25.1. The van der Waals surface area contributed by atoms with Gasteiger partial charge in [-0.15, -0.1) is 6.42 Å². The fourth-order valence-electron chi connectivity index (χ4n) is 7.85. The first kappa shape index (κ1) is 62.2. The van der Waals surface area contributed by atoms with Gasteiger partial charge >= 0.3 is 12.8 Å². The lowest BCUT2D eigenvalue weighted by molar-refractivity contribution is -0.146. The molecule has 0 radical (unpaired) electrons. The number of phenols is 1. The number of carbonyl (C=O) groups excluding carboxylic acids is 6. The number of aliphatic hydroxyl groups is 2. The number of amides is 6. The van der Waals surface area contributed by atoms with E-state index in [0.29, 0.717) is 39.3 Å². The quantitative estimate of drug-likeness (QED) is 0.00820. The molecule has 0 fully saturated rings. The van der Waals surface area contributed by atoms with E-state index < -0.39 is 78.6 Å². The molecule has 0 spiro atoms. The summed E-state index contributed by atoms with van der Waals surface area (Å²) < 4.78 is 23.6. The monoisotopic (exact) mass is 1160 g/mol. The highest BCUT2D eigenvalue weighted by Crippen LogP contribution is 2.55. The molecule has 0 saturated carbocycles. The molecule has 2 aliphatic rings. The number of benzene rings is 5. The minimum atomic E-state index is -4.27. The van der Waals surface area contributed by atoms with Crippen molar-refractivity contribution >= 4 is 87.6 Å². The largest absolute Gasteiger partial charge is 0.508 e. The molecule has 4 unspecified atom stereocenters. The summed E-state index contributed by atoms with van der Waals surface area (Å²) in [7, 11) is 3.86. The number of aliphatic hydroxyl groups excluding tert-OH is 2. The Hall–Kier alpha value is -8.96. The molecule has 1 aliphatic heterocycles. The van der Waals surface area contributed by atoms with E-state index in [9.17, 15) is 68.2 Å². The second-order valence-electron chi connectivity index (χ2n) is 18.1. The lowest BCUT2D eigenvalue weighted by Gasteiger charge is -2.19. The van der Waals surface area contributed by atoms with Gasteiger partial charge in [0.05, 0.1) is 36.8 Å². The van der Waals surface area contributed by atoms with Crippen molar-refractivity contribution in [3.8, 4) is 40.5 Å². The van der Waals surface area contributed by atoms with E-state index in [0.717, 1.165) is 5.69 Å². The summed E-state index contributed by atoms with van der Waals surface area (Å²) >= 11 is 0.474. The molecule has 25 nitrogen and oxygen atoms in total. The molecule has 4 aromatic rings. The van der Waals surface area contributed by atoms with Gasteiger partial charge in [0.25, 0.3) is 23.6 Å². The highest BCUT2D eigenvalue weighted by atomic mass is 32.7. The molecule has 27 heteroatoms. The molecule has 0 aromatic heterocycles. The van der Waals surface area contributed by atoms with Gasteiger partial charge < -0.3 is 66.5 Å². The Kier molecular flexibility index (Phi) is 22.4. The summed E-state index contributed by atoms with van der Waals surface area (Å²) in [6.45, 7) is -5.57. The number of rotatable bonds is 28. The number of phenolic OH excluding ortho intramolecular Hbond substituents is 1. The van der Waals surface area contributed by atoms with Crippen molar-refractivity contribution in [1.82, 2.24) is 31.9 Å². The van der Waals surface area contributed by atoms with E-state index in [4.69, 9.17) is 15.4 Å². The Morgan fingerprint density at radius 2 is 1.41 bits per heavy atom. The van der Waals surface area contributed by atoms with E-state index in [-0.39, 0.29) is 97.0 Å². The van der Waals surface area contributed by atoms with Crippen molar-refractivity contribution < 1.29 is 72.4 Å². The van der Waals surface area contributed by atoms with Gasteiger partial charge in [-0.1, -0.05) is 5.92 Å². The maximum Gasteiger partial charge on any atom is 0.386 e. The first-order chi connectivity index (χ1) is 39.1. The molecule has 430 valence electrons. The van der Waals surface area contributed by atoms with Crippen molar-refractivity contribution in [3.63, 3.8) is 0 Å². The van der Waals surface area contributed by atoms with Crippen LogP contribution in [0.5, 0.6) is 5.75 Å². The average molecular weight is 1160 g/mol. The van der Waals surface area contributed by atoms with Gasteiger partial charge in [0.1, 0.15) is 23.1 Å². The Morgan fingerprint density at radius 3 is 2.09 bits per heavy atom. The number of carboxylic acids is 1. The molecule has 1 aliphatic carbocycles. The fraction of sp³-hybridized carbons (Fsp3) is 0.273. The van der Waals surface area contributed by atoms with Gasteiger partial charge in [-0.3, -0.25) is 38.1 Å². The normalized spacial score (nSPS) is 13.0. The summed E-state index contributed by atoms with van der Waals surface area (Å²) in [4.78, 5) is 114. The molecule has 82 heavy (non-hydrogen) atoms. The summed E-state index contributed by atoms with van der Waals surface area (Å²) in [6, 6.07) is 24.4. The summed E-state index contributed by atoms with van der Waals surface area (Å²) in [6.07, 6.45) is 0.843. The first-order valence-corrected chi connectivity index (χ1v) is 28.3. The van der Waals surface area contributed by atoms with Crippen molar-refractivity contribution in [2.75, 3.05) is 57.7 Å². The van der Waals surface area contributed by atoms with Crippen LogP contribution in [-0.2, 0) is 28.3 Å². The standard InChI is InChI=1S/C55H58N9O16PS/c1-4-23-56-52(72)43(61-46(67)22-27-82-81(77,78)79-26-25-58-50(70)32-8-11-34(12-9-32)62-63-35-13-15-36(16-14-35)64(2)3)7-5-6-24-57-53(73)48(68)49(69)54(74)60-31-59-51(71)33-10-19-39(55(75)76)42(28-33)47-40-20-17-37(65)29-44(40)80-45-30-38(66)18-21-41(45)47/h1,8-21,28-30,43,48-49,65,68-69H,5-7,22-27,31H2,2-3H3,(H,56,72)(H,57,73)(H,58,70)(H,59,71)(H,60,74)(H,61,67)(H,75,76)(H,77,78). The second-order valence-corrected chi connectivity index (χ2v) is 22.1. The number of anilines is 1. The third-order valence-electron chi connectivity index (χ3n) is 12.0. The van der Waals surface area contributed by atoms with Crippen LogP contribution in [0, 0.1) is 12.3 Å². The predicted molar refractivity (Wildman–Crippen MR) is 303 cm³/mol. The fourth-order valence-corrected chi connectivity index (χ4v) is 10.2. The van der Waals surface area contributed by atoms with E-state index in [1.165, 1.54) is 54.6 Å². The number of terminal acetylenes is 1. The zero-order valence-electron chi connectivity index (χ0n) is 44.1. The van der Waals surface area contributed by atoms with Gasteiger partial charge in [0.15, 0.2) is 17.6 Å². The van der Waals surface area contributed by atoms with E-state index >= 15 is 0 Å². The van der Waals surface area contributed by atoms with Crippen LogP contribution in [0.4, 0.5) is 17.1 Å². The number of fused-ring (bicyclic) bond motifs is 2. The van der Waals surface area contributed by atoms with Gasteiger partial charge in [0, 0.05) is 84.8 Å². The molecule has 1 heterocycles. The number of carbonyl (C=O) groups is 7. The minimum Gasteiger partial charge on any atom is -0.508 e. The molecular formula is C55H58N9O16PS. The maximum absolute atomic E-state index is 13.3. The smallest absolute Gasteiger partial charge is 0.386 e. The predicted octanol–water partition coefficient (Wildman–Crippen LogP) is 4.17. The Morgan fingerprint density at radius 1 is 0.756 bits per heavy atom. The maximum atomic E-state index is 13.3. The summed E-state index contributed by atoms with van der Waals surface area (Å²) in [5.74, 6) is -4.29. The van der Waals surface area contributed by atoms with Gasteiger partial charge in [-0.2, -0.15) is 10.2 Å². The summed E-state index contributed by atoms with van der Waals surface area (Å²) in [5.41, 5.74) is 2.57. The topological polar surface area (TPSA) is 377 Å². The van der Waals surface area contributed by atoms with E-state index in [1.807, 2.05) is 43.3 Å². The molecule has 6 amide bonds. The number of unbranched alkanes of at least 4 members (excludes halogenated alkanes) is 1. The van der Waals surface area contributed by atoms with Crippen molar-refractivity contribution in [1.29, 1.82) is 0 Å². The summed E-state index contributed by atoms with van der Waals surface area (Å²) in [5, 5.41) is 64.4. The molecule has 0 bridgehead atoms. The Balaban J connectivity index is 0.891. The van der Waals surface area contributed by atoms with E-state index in [2.05, 4.69) is 48.0 Å². The SMILES string of the molecule is C#CCNC(=O)C(CCCCNC(=O)C(O)C(O)C(=O)NCNC(=O)c1ccc(C(=O)O)c(-c2c3ccc(=O)cc-3oc3cc(O)ccc23)c1)NC(=O)CCSP(=O)(O)OCCNC(=O)c1ccc(N=Nc2ccc(N(C)C)cc2)cc1. The van der Waals surface area contributed by atoms with Crippen molar-refractivity contribution in [3.05, 3.63) is 130 Å². The van der Waals surface area contributed by atoms with Gasteiger partial charge in [-0.25, -0.2) is 9.36 Å². The van der Waals surface area contributed by atoms with Crippen LogP contribution in [0.15, 0.2) is 123 Å². The van der Waals surface area contributed by atoms with Crippen LogP contribution in [0.1, 0.15) is 56.8 Å². The number of carboxylic acid groups (broad SMARTS) is 1. The van der Waals surface area contributed by atoms with Crippen LogP contribution in [0.2, 0.25) is 0 Å². The third kappa shape index (κ3) is 17.8.